The molecular formula is C20H22F2N3O2P. The Balaban J connectivity index is 1.60. The van der Waals surface area contributed by atoms with Crippen molar-refractivity contribution in [1.29, 1.82) is 0 Å². The van der Waals surface area contributed by atoms with Crippen LogP contribution in [0.15, 0.2) is 35.3 Å². The van der Waals surface area contributed by atoms with Gasteiger partial charge in [0.15, 0.2) is 0 Å². The Morgan fingerprint density at radius 1 is 1.36 bits per heavy atom. The molecule has 3 aliphatic carbocycles. The van der Waals surface area contributed by atoms with Gasteiger partial charge in [-0.05, 0) is 32.1 Å². The molecule has 3 atom stereocenters. The van der Waals surface area contributed by atoms with Gasteiger partial charge in [-0.15, -0.1) is 0 Å². The summed E-state index contributed by atoms with van der Waals surface area (Å²) in [4.78, 5) is 25.1. The van der Waals surface area contributed by atoms with E-state index in [1.165, 1.54) is 24.4 Å². The molecule has 1 amide bonds. The van der Waals surface area contributed by atoms with Crippen molar-refractivity contribution in [3.05, 3.63) is 63.3 Å². The number of nitrogen functional groups attached to an aromatic ring is 1. The van der Waals surface area contributed by atoms with Crippen LogP contribution in [0.3, 0.4) is 0 Å². The first kappa shape index (κ1) is 19.1. The van der Waals surface area contributed by atoms with Gasteiger partial charge in [0.05, 0.1) is 17.3 Å². The molecule has 5 nitrogen and oxygen atoms in total. The molecule has 0 spiro atoms. The van der Waals surface area contributed by atoms with E-state index >= 15 is 0 Å². The minimum absolute atomic E-state index is 0.0831. The summed E-state index contributed by atoms with van der Waals surface area (Å²) < 4.78 is 29.7. The lowest BCUT2D eigenvalue weighted by molar-refractivity contribution is -0.0914. The largest absolute Gasteiger partial charge is 0.398 e. The molecule has 0 radical (unpaired) electrons. The summed E-state index contributed by atoms with van der Waals surface area (Å²) in [6.45, 7) is 1.61. The maximum absolute atomic E-state index is 14.6. The fraction of sp³-hybridized carbons (Fsp3) is 0.400. The number of nitrogens with one attached hydrogen (secondary N) is 1. The van der Waals surface area contributed by atoms with Crippen LogP contribution in [-0.4, -0.2) is 10.5 Å². The minimum Gasteiger partial charge on any atom is -0.398 e. The summed E-state index contributed by atoms with van der Waals surface area (Å²) >= 11 is 0. The zero-order valence-corrected chi connectivity index (χ0v) is 16.6. The van der Waals surface area contributed by atoms with Crippen molar-refractivity contribution in [3.8, 4) is 0 Å². The molecule has 1 aromatic heterocycles. The van der Waals surface area contributed by atoms with Gasteiger partial charge in [-0.2, -0.15) is 0 Å². The molecule has 2 aromatic rings. The van der Waals surface area contributed by atoms with Crippen molar-refractivity contribution in [3.63, 3.8) is 0 Å². The molecule has 3 aliphatic rings. The molecule has 2 bridgehead atoms. The van der Waals surface area contributed by atoms with Crippen LogP contribution in [0.2, 0.25) is 0 Å². The molecular weight excluding hydrogens is 383 g/mol. The highest BCUT2D eigenvalue weighted by Crippen LogP contribution is 2.61. The zero-order valence-electron chi connectivity index (χ0n) is 15.4. The van der Waals surface area contributed by atoms with E-state index in [0.29, 0.717) is 5.92 Å². The first-order valence-corrected chi connectivity index (χ1v) is 9.90. The number of amides is 1. The van der Waals surface area contributed by atoms with Crippen molar-refractivity contribution < 1.29 is 13.6 Å². The fourth-order valence-electron chi connectivity index (χ4n) is 4.30. The second kappa shape index (κ2) is 6.66. The standard InChI is InChI=1S/C20H22F2N3O2P/c1-10(12-3-2-4-13(17(12)21)18(22)28)24-19(27)14-9-25(16(26)5-15(14)23)20-6-11(7-20)8-20/h2-5,9-11,18H,6-8,23,28H2,1H3,(H,24,27)/t10-,11?,18?,20?/m1/s1. The number of rotatable bonds is 5. The lowest BCUT2D eigenvalue weighted by Crippen LogP contribution is -2.62. The van der Waals surface area contributed by atoms with Gasteiger partial charge in [-0.1, -0.05) is 27.4 Å². The fourth-order valence-corrected chi connectivity index (χ4v) is 4.56. The summed E-state index contributed by atoms with van der Waals surface area (Å²) in [6, 6.07) is 4.98. The summed E-state index contributed by atoms with van der Waals surface area (Å²) in [5, 5.41) is 2.70. The van der Waals surface area contributed by atoms with Crippen LogP contribution in [0.4, 0.5) is 14.5 Å². The van der Waals surface area contributed by atoms with Gasteiger partial charge in [-0.25, -0.2) is 8.78 Å². The van der Waals surface area contributed by atoms with Gasteiger partial charge in [-0.3, -0.25) is 9.59 Å². The van der Waals surface area contributed by atoms with Gasteiger partial charge >= 0.3 is 0 Å². The molecule has 28 heavy (non-hydrogen) atoms. The number of carbonyl (C=O) groups is 1. The normalized spacial score (nSPS) is 24.6. The Labute approximate surface area is 163 Å². The lowest BCUT2D eigenvalue weighted by Gasteiger charge is -2.62. The number of alkyl halides is 1. The zero-order chi connectivity index (χ0) is 20.2. The van der Waals surface area contributed by atoms with Crippen LogP contribution in [0.1, 0.15) is 59.6 Å². The molecule has 5 rings (SSSR count). The topological polar surface area (TPSA) is 77.1 Å². The van der Waals surface area contributed by atoms with Gasteiger partial charge in [0.2, 0.25) is 0 Å². The van der Waals surface area contributed by atoms with Crippen molar-refractivity contribution in [2.24, 2.45) is 5.92 Å². The second-order valence-corrected chi connectivity index (χ2v) is 8.49. The van der Waals surface area contributed by atoms with Gasteiger partial charge in [0.1, 0.15) is 11.7 Å². The van der Waals surface area contributed by atoms with Gasteiger partial charge in [0, 0.05) is 28.9 Å². The molecule has 1 heterocycles. The molecule has 3 saturated carbocycles. The number of nitrogens with two attached hydrogens (primary N) is 1. The molecule has 148 valence electrons. The summed E-state index contributed by atoms with van der Waals surface area (Å²) in [5.74, 6) is -2.05. The van der Waals surface area contributed by atoms with Crippen molar-refractivity contribution in [2.75, 3.05) is 5.73 Å². The van der Waals surface area contributed by atoms with Crippen LogP contribution in [0.25, 0.3) is 0 Å². The van der Waals surface area contributed by atoms with Crippen molar-refractivity contribution >= 4 is 20.8 Å². The smallest absolute Gasteiger partial charge is 0.255 e. The highest BCUT2D eigenvalue weighted by atomic mass is 31.0. The van der Waals surface area contributed by atoms with E-state index < -0.39 is 23.7 Å². The van der Waals surface area contributed by atoms with Crippen LogP contribution < -0.4 is 16.6 Å². The third-order valence-corrected chi connectivity index (χ3v) is 6.38. The number of hydrogen-bond acceptors (Lipinski definition) is 3. The lowest BCUT2D eigenvalue weighted by atomic mass is 9.49. The average molecular weight is 405 g/mol. The van der Waals surface area contributed by atoms with E-state index in [4.69, 9.17) is 5.73 Å². The monoisotopic (exact) mass is 405 g/mol. The van der Waals surface area contributed by atoms with E-state index in [1.807, 2.05) is 9.24 Å². The van der Waals surface area contributed by atoms with Gasteiger partial charge < -0.3 is 15.6 Å². The first-order chi connectivity index (χ1) is 13.2. The van der Waals surface area contributed by atoms with E-state index in [1.54, 1.807) is 17.6 Å². The number of carbonyl (C=O) groups excluding carboxylic acids is 1. The second-order valence-electron chi connectivity index (χ2n) is 7.90. The van der Waals surface area contributed by atoms with Crippen molar-refractivity contribution in [1.82, 2.24) is 9.88 Å². The highest BCUT2D eigenvalue weighted by Gasteiger charge is 2.58. The summed E-state index contributed by atoms with van der Waals surface area (Å²) in [7, 11) is 1.91. The highest BCUT2D eigenvalue weighted by molar-refractivity contribution is 7.16. The number of halogens is 2. The van der Waals surface area contributed by atoms with E-state index in [2.05, 4.69) is 5.32 Å². The number of aromatic nitrogens is 1. The number of pyridine rings is 1. The van der Waals surface area contributed by atoms with Crippen LogP contribution in [-0.2, 0) is 5.54 Å². The third-order valence-electron chi connectivity index (χ3n) is 6.02. The molecule has 3 fully saturated rings. The predicted molar refractivity (Wildman–Crippen MR) is 106 cm³/mol. The Bertz CT molecular complexity index is 1000. The van der Waals surface area contributed by atoms with Crippen LogP contribution in [0.5, 0.6) is 0 Å². The number of hydrogen-bond donors (Lipinski definition) is 2. The number of nitrogens with zero attached hydrogens (tertiary/aromatic N) is 1. The third kappa shape index (κ3) is 2.93. The number of anilines is 1. The van der Waals surface area contributed by atoms with E-state index in [-0.39, 0.29) is 33.5 Å². The van der Waals surface area contributed by atoms with E-state index in [9.17, 15) is 18.4 Å². The average Bonchev–Trinajstić information content (AvgIpc) is 2.53. The Morgan fingerprint density at radius 3 is 2.57 bits per heavy atom. The summed E-state index contributed by atoms with van der Waals surface area (Å²) in [5.41, 5.74) is 5.89. The SMILES string of the molecule is C[C@@H](NC(=O)c1cn(C23CC(C2)C3)c(=O)cc1N)c1cccc(C(F)P)c1F. The molecule has 8 heteroatoms. The maximum atomic E-state index is 14.6. The Kier molecular flexibility index (Phi) is 4.53. The maximum Gasteiger partial charge on any atom is 0.255 e. The molecule has 0 aliphatic heterocycles. The number of benzene rings is 1. The molecule has 1 aromatic carbocycles. The van der Waals surface area contributed by atoms with Crippen LogP contribution in [0, 0.1) is 11.7 Å². The van der Waals surface area contributed by atoms with Crippen LogP contribution >= 0.6 is 9.24 Å². The predicted octanol–water partition coefficient (Wildman–Crippen LogP) is 3.41. The molecule has 2 unspecified atom stereocenters. The Morgan fingerprint density at radius 2 is 2.00 bits per heavy atom. The molecule has 3 N–H and O–H groups in total. The minimum atomic E-state index is -1.53. The van der Waals surface area contributed by atoms with Crippen molar-refractivity contribution in [2.45, 2.75) is 43.7 Å². The quantitative estimate of drug-likeness (QED) is 0.749. The molecule has 0 saturated heterocycles. The van der Waals surface area contributed by atoms with Gasteiger partial charge in [0.25, 0.3) is 11.5 Å². The summed E-state index contributed by atoms with van der Waals surface area (Å²) in [6.07, 6.45) is 4.37. The van der Waals surface area contributed by atoms with E-state index in [0.717, 1.165) is 19.3 Å². The first-order valence-electron chi connectivity index (χ1n) is 9.23. The Hall–Kier alpha value is -2.27.